The number of fused-ring (bicyclic) bond motifs is 3. The third-order valence-electron chi connectivity index (χ3n) is 6.14. The standard InChI is InChI=1S/C22H24N2O3/c1-26-16-7-6-15-13-24(14-22(9-10-22)18(15)12-16)21(25)23-19-8-11-27-20-5-3-2-4-17(19)20/h2-7,12,19H,8-11,13-14H2,1H3,(H,23,25). The minimum absolute atomic E-state index is 0.00914. The van der Waals surface area contributed by atoms with Gasteiger partial charge in [-0.2, -0.15) is 0 Å². The van der Waals surface area contributed by atoms with Crippen LogP contribution in [0.25, 0.3) is 0 Å². The van der Waals surface area contributed by atoms with Gasteiger partial charge in [0.2, 0.25) is 0 Å². The van der Waals surface area contributed by atoms with Gasteiger partial charge >= 0.3 is 6.03 Å². The second kappa shape index (κ2) is 6.19. The molecular weight excluding hydrogens is 340 g/mol. The monoisotopic (exact) mass is 364 g/mol. The summed E-state index contributed by atoms with van der Waals surface area (Å²) in [6, 6.07) is 14.3. The molecule has 1 atom stereocenters. The number of rotatable bonds is 2. The molecule has 2 aromatic carbocycles. The fourth-order valence-electron chi connectivity index (χ4n) is 4.48. The highest BCUT2D eigenvalue weighted by molar-refractivity contribution is 5.76. The second-order valence-electron chi connectivity index (χ2n) is 7.84. The summed E-state index contributed by atoms with van der Waals surface area (Å²) in [6.07, 6.45) is 3.07. The predicted molar refractivity (Wildman–Crippen MR) is 102 cm³/mol. The van der Waals surface area contributed by atoms with Crippen LogP contribution in [0.1, 0.15) is 42.0 Å². The minimum atomic E-state index is 0.00914. The number of para-hydroxylation sites is 1. The van der Waals surface area contributed by atoms with E-state index in [1.165, 1.54) is 11.1 Å². The van der Waals surface area contributed by atoms with Crippen molar-refractivity contribution in [2.24, 2.45) is 0 Å². The van der Waals surface area contributed by atoms with E-state index in [0.717, 1.165) is 42.9 Å². The summed E-state index contributed by atoms with van der Waals surface area (Å²) in [4.78, 5) is 15.0. The van der Waals surface area contributed by atoms with Crippen LogP contribution in [0.4, 0.5) is 4.79 Å². The highest BCUT2D eigenvalue weighted by Gasteiger charge is 2.50. The molecule has 5 rings (SSSR count). The summed E-state index contributed by atoms with van der Waals surface area (Å²) in [5.74, 6) is 1.78. The Morgan fingerprint density at radius 2 is 2.11 bits per heavy atom. The molecule has 1 spiro atoms. The first-order chi connectivity index (χ1) is 13.2. The topological polar surface area (TPSA) is 50.8 Å². The lowest BCUT2D eigenvalue weighted by atomic mass is 9.87. The number of carbonyl (C=O) groups excluding carboxylic acids is 1. The number of nitrogens with zero attached hydrogens (tertiary/aromatic N) is 1. The predicted octanol–water partition coefficient (Wildman–Crippen LogP) is 3.78. The summed E-state index contributed by atoms with van der Waals surface area (Å²) in [7, 11) is 1.70. The smallest absolute Gasteiger partial charge is 0.318 e. The van der Waals surface area contributed by atoms with Crippen molar-refractivity contribution in [1.82, 2.24) is 10.2 Å². The molecule has 0 aromatic heterocycles. The molecule has 140 valence electrons. The molecule has 2 aromatic rings. The number of amides is 2. The van der Waals surface area contributed by atoms with Crippen LogP contribution in [-0.2, 0) is 12.0 Å². The van der Waals surface area contributed by atoms with Crippen molar-refractivity contribution in [3.63, 3.8) is 0 Å². The summed E-state index contributed by atoms with van der Waals surface area (Å²) in [6.45, 7) is 2.07. The van der Waals surface area contributed by atoms with Gasteiger partial charge in [-0.25, -0.2) is 4.79 Å². The van der Waals surface area contributed by atoms with Crippen molar-refractivity contribution < 1.29 is 14.3 Å². The van der Waals surface area contributed by atoms with E-state index in [4.69, 9.17) is 9.47 Å². The SMILES string of the molecule is COc1ccc2c(c1)C1(CC1)CN(C(=O)NC1CCOc3ccccc31)C2. The highest BCUT2D eigenvalue weighted by Crippen LogP contribution is 2.53. The molecule has 5 heteroatoms. The van der Waals surface area contributed by atoms with Crippen molar-refractivity contribution in [2.75, 3.05) is 20.3 Å². The molecule has 27 heavy (non-hydrogen) atoms. The summed E-state index contributed by atoms with van der Waals surface area (Å²) >= 11 is 0. The molecule has 5 nitrogen and oxygen atoms in total. The van der Waals surface area contributed by atoms with Crippen molar-refractivity contribution in [3.05, 3.63) is 59.2 Å². The van der Waals surface area contributed by atoms with E-state index in [9.17, 15) is 4.79 Å². The first kappa shape index (κ1) is 16.5. The van der Waals surface area contributed by atoms with Gasteiger partial charge in [-0.1, -0.05) is 24.3 Å². The first-order valence-corrected chi connectivity index (χ1v) is 9.63. The number of carbonyl (C=O) groups is 1. The van der Waals surface area contributed by atoms with Gasteiger partial charge in [-0.15, -0.1) is 0 Å². The van der Waals surface area contributed by atoms with Crippen LogP contribution in [0.15, 0.2) is 42.5 Å². The van der Waals surface area contributed by atoms with E-state index in [0.29, 0.717) is 13.2 Å². The van der Waals surface area contributed by atoms with Crippen LogP contribution in [0, 0.1) is 0 Å². The van der Waals surface area contributed by atoms with Crippen LogP contribution >= 0.6 is 0 Å². The number of hydrogen-bond acceptors (Lipinski definition) is 3. The van der Waals surface area contributed by atoms with E-state index in [-0.39, 0.29) is 17.5 Å². The van der Waals surface area contributed by atoms with Crippen LogP contribution in [0.5, 0.6) is 11.5 Å². The largest absolute Gasteiger partial charge is 0.497 e. The van der Waals surface area contributed by atoms with Crippen molar-refractivity contribution in [1.29, 1.82) is 0 Å². The Hall–Kier alpha value is -2.69. The molecule has 1 saturated carbocycles. The fourth-order valence-corrected chi connectivity index (χ4v) is 4.48. The number of benzene rings is 2. The molecule has 0 radical (unpaired) electrons. The van der Waals surface area contributed by atoms with Crippen LogP contribution in [0.2, 0.25) is 0 Å². The van der Waals surface area contributed by atoms with E-state index in [1.807, 2.05) is 35.2 Å². The Kier molecular flexibility index (Phi) is 3.78. The zero-order chi connectivity index (χ0) is 18.4. The summed E-state index contributed by atoms with van der Waals surface area (Å²) in [5, 5.41) is 3.25. The van der Waals surface area contributed by atoms with E-state index in [2.05, 4.69) is 17.4 Å². The quantitative estimate of drug-likeness (QED) is 0.882. The molecule has 1 fully saturated rings. The molecule has 1 unspecified atom stereocenters. The first-order valence-electron chi connectivity index (χ1n) is 9.63. The van der Waals surface area contributed by atoms with Gasteiger partial charge in [0.05, 0.1) is 19.8 Å². The van der Waals surface area contributed by atoms with Crippen LogP contribution < -0.4 is 14.8 Å². The van der Waals surface area contributed by atoms with Gasteiger partial charge in [-0.05, 0) is 42.2 Å². The molecule has 0 bridgehead atoms. The molecule has 3 aliphatic rings. The van der Waals surface area contributed by atoms with Gasteiger partial charge in [-0.3, -0.25) is 0 Å². The van der Waals surface area contributed by atoms with Gasteiger partial charge in [0, 0.05) is 30.5 Å². The highest BCUT2D eigenvalue weighted by atomic mass is 16.5. The maximum atomic E-state index is 13.1. The lowest BCUT2D eigenvalue weighted by Gasteiger charge is -2.37. The minimum Gasteiger partial charge on any atom is -0.497 e. The zero-order valence-corrected chi connectivity index (χ0v) is 15.5. The normalized spacial score (nSPS) is 21.7. The van der Waals surface area contributed by atoms with Crippen molar-refractivity contribution >= 4 is 6.03 Å². The maximum absolute atomic E-state index is 13.1. The van der Waals surface area contributed by atoms with E-state index >= 15 is 0 Å². The number of urea groups is 1. The maximum Gasteiger partial charge on any atom is 0.318 e. The number of ether oxygens (including phenoxy) is 2. The van der Waals surface area contributed by atoms with Crippen LogP contribution in [-0.4, -0.2) is 31.2 Å². The van der Waals surface area contributed by atoms with Gasteiger partial charge in [0.1, 0.15) is 11.5 Å². The van der Waals surface area contributed by atoms with Gasteiger partial charge in [0.15, 0.2) is 0 Å². The lowest BCUT2D eigenvalue weighted by molar-refractivity contribution is 0.173. The number of nitrogens with one attached hydrogen (secondary N) is 1. The van der Waals surface area contributed by atoms with Gasteiger partial charge < -0.3 is 19.7 Å². The zero-order valence-electron chi connectivity index (χ0n) is 15.5. The number of hydrogen-bond donors (Lipinski definition) is 1. The van der Waals surface area contributed by atoms with Gasteiger partial charge in [0.25, 0.3) is 0 Å². The van der Waals surface area contributed by atoms with E-state index in [1.54, 1.807) is 7.11 Å². The lowest BCUT2D eigenvalue weighted by Crippen LogP contribution is -2.47. The van der Waals surface area contributed by atoms with Crippen LogP contribution in [0.3, 0.4) is 0 Å². The molecular formula is C22H24N2O3. The second-order valence-corrected chi connectivity index (χ2v) is 7.84. The molecule has 2 heterocycles. The summed E-state index contributed by atoms with van der Waals surface area (Å²) in [5.41, 5.74) is 3.79. The molecule has 2 aliphatic heterocycles. The Balaban J connectivity index is 1.36. The average Bonchev–Trinajstić information content (AvgIpc) is 3.48. The fraction of sp³-hybridized carbons (Fsp3) is 0.409. The average molecular weight is 364 g/mol. The Bertz CT molecular complexity index is 891. The van der Waals surface area contributed by atoms with E-state index < -0.39 is 0 Å². The molecule has 1 N–H and O–H groups in total. The Morgan fingerprint density at radius 1 is 1.26 bits per heavy atom. The number of methoxy groups -OCH3 is 1. The Labute approximate surface area is 159 Å². The molecule has 0 saturated heterocycles. The molecule has 2 amide bonds. The molecule has 1 aliphatic carbocycles. The van der Waals surface area contributed by atoms with Crippen molar-refractivity contribution in [3.8, 4) is 11.5 Å². The third kappa shape index (κ3) is 2.82. The Morgan fingerprint density at radius 3 is 2.93 bits per heavy atom. The van der Waals surface area contributed by atoms with Crippen molar-refractivity contribution in [2.45, 2.75) is 37.3 Å². The third-order valence-corrected chi connectivity index (χ3v) is 6.14. The summed E-state index contributed by atoms with van der Waals surface area (Å²) < 4.78 is 11.1.